The van der Waals surface area contributed by atoms with Crippen LogP contribution in [-0.4, -0.2) is 30.8 Å². The zero-order valence-electron chi connectivity index (χ0n) is 12.3. The quantitative estimate of drug-likeness (QED) is 0.887. The van der Waals surface area contributed by atoms with E-state index >= 15 is 0 Å². The van der Waals surface area contributed by atoms with Crippen LogP contribution in [0.1, 0.15) is 18.7 Å². The van der Waals surface area contributed by atoms with E-state index in [1.807, 2.05) is 31.4 Å². The summed E-state index contributed by atoms with van der Waals surface area (Å²) in [4.78, 5) is 5.32. The molecule has 0 radical (unpaired) electrons. The van der Waals surface area contributed by atoms with Gasteiger partial charge in [-0.25, -0.2) is 13.4 Å². The molecule has 0 aliphatic rings. The highest BCUT2D eigenvalue weighted by atomic mass is 32.2. The van der Waals surface area contributed by atoms with Gasteiger partial charge >= 0.3 is 0 Å². The van der Waals surface area contributed by atoms with Gasteiger partial charge in [-0.05, 0) is 37.4 Å². The van der Waals surface area contributed by atoms with E-state index in [-0.39, 0.29) is 10.9 Å². The maximum atomic E-state index is 12.8. The molecule has 2 heterocycles. The SMILES string of the molecule is CNc1ccc(S(=O)(=O)N(Cc2cccs2)C(C)C)cn1. The molecule has 2 rings (SSSR count). The van der Waals surface area contributed by atoms with E-state index < -0.39 is 10.0 Å². The Morgan fingerprint density at radius 3 is 2.57 bits per heavy atom. The highest BCUT2D eigenvalue weighted by molar-refractivity contribution is 7.89. The molecule has 0 aliphatic heterocycles. The van der Waals surface area contributed by atoms with Crippen LogP contribution in [0.4, 0.5) is 5.82 Å². The lowest BCUT2D eigenvalue weighted by Gasteiger charge is -2.25. The Morgan fingerprint density at radius 1 is 1.33 bits per heavy atom. The van der Waals surface area contributed by atoms with E-state index in [9.17, 15) is 8.42 Å². The van der Waals surface area contributed by atoms with Crippen molar-refractivity contribution in [3.05, 3.63) is 40.7 Å². The van der Waals surface area contributed by atoms with Crippen LogP contribution in [0, 0.1) is 0 Å². The van der Waals surface area contributed by atoms with Gasteiger partial charge in [-0.2, -0.15) is 4.31 Å². The first-order chi connectivity index (χ1) is 9.95. The standard InChI is InChI=1S/C14H19N3O2S2/c1-11(2)17(10-12-5-4-8-20-12)21(18,19)13-6-7-14(15-3)16-9-13/h4-9,11H,10H2,1-3H3,(H,15,16). The molecule has 0 spiro atoms. The van der Waals surface area contributed by atoms with Crippen molar-refractivity contribution in [3.8, 4) is 0 Å². The summed E-state index contributed by atoms with van der Waals surface area (Å²) in [7, 11) is -1.81. The predicted octanol–water partition coefficient (Wildman–Crippen LogP) is 2.78. The minimum absolute atomic E-state index is 0.124. The summed E-state index contributed by atoms with van der Waals surface area (Å²) >= 11 is 1.55. The Labute approximate surface area is 129 Å². The molecular formula is C14H19N3O2S2. The Morgan fingerprint density at radius 2 is 2.10 bits per heavy atom. The number of pyridine rings is 1. The Balaban J connectivity index is 2.32. The van der Waals surface area contributed by atoms with Gasteiger partial charge in [0, 0.05) is 30.7 Å². The molecule has 114 valence electrons. The van der Waals surface area contributed by atoms with Gasteiger partial charge in [0.25, 0.3) is 0 Å². The normalized spacial score (nSPS) is 12.0. The lowest BCUT2D eigenvalue weighted by molar-refractivity contribution is 0.350. The topological polar surface area (TPSA) is 62.3 Å². The highest BCUT2D eigenvalue weighted by Crippen LogP contribution is 2.22. The molecule has 0 aromatic carbocycles. The van der Waals surface area contributed by atoms with Crippen molar-refractivity contribution in [1.82, 2.24) is 9.29 Å². The average Bonchev–Trinajstić information content (AvgIpc) is 2.97. The van der Waals surface area contributed by atoms with Crippen molar-refractivity contribution in [1.29, 1.82) is 0 Å². The Bertz CT molecular complexity index is 665. The molecule has 0 fully saturated rings. The first-order valence-electron chi connectivity index (χ1n) is 6.63. The van der Waals surface area contributed by atoms with E-state index in [0.29, 0.717) is 12.4 Å². The van der Waals surface area contributed by atoms with Gasteiger partial charge in [-0.15, -0.1) is 11.3 Å². The van der Waals surface area contributed by atoms with E-state index in [1.54, 1.807) is 30.5 Å². The number of hydrogen-bond acceptors (Lipinski definition) is 5. The van der Waals surface area contributed by atoms with Crippen LogP contribution < -0.4 is 5.32 Å². The molecule has 5 nitrogen and oxygen atoms in total. The van der Waals surface area contributed by atoms with E-state index in [2.05, 4.69) is 10.3 Å². The van der Waals surface area contributed by atoms with Crippen LogP contribution in [-0.2, 0) is 16.6 Å². The summed E-state index contributed by atoms with van der Waals surface area (Å²) in [6, 6.07) is 6.99. The first kappa shape index (κ1) is 15.9. The largest absolute Gasteiger partial charge is 0.373 e. The molecule has 0 saturated carbocycles. The zero-order chi connectivity index (χ0) is 15.5. The van der Waals surface area contributed by atoms with Crippen molar-refractivity contribution in [2.75, 3.05) is 12.4 Å². The number of aromatic nitrogens is 1. The lowest BCUT2D eigenvalue weighted by Crippen LogP contribution is -2.36. The fraction of sp³-hybridized carbons (Fsp3) is 0.357. The van der Waals surface area contributed by atoms with Crippen molar-refractivity contribution >= 4 is 27.2 Å². The molecule has 0 aliphatic carbocycles. The molecular weight excluding hydrogens is 306 g/mol. The molecule has 0 atom stereocenters. The number of nitrogens with zero attached hydrogens (tertiary/aromatic N) is 2. The Kier molecular flexibility index (Phi) is 4.97. The molecule has 0 amide bonds. The van der Waals surface area contributed by atoms with Crippen molar-refractivity contribution in [3.63, 3.8) is 0 Å². The minimum Gasteiger partial charge on any atom is -0.373 e. The monoisotopic (exact) mass is 325 g/mol. The molecule has 2 aromatic rings. The van der Waals surface area contributed by atoms with Crippen molar-refractivity contribution < 1.29 is 8.42 Å². The first-order valence-corrected chi connectivity index (χ1v) is 8.95. The van der Waals surface area contributed by atoms with Crippen LogP contribution in [0.2, 0.25) is 0 Å². The molecule has 2 aromatic heterocycles. The summed E-state index contributed by atoms with van der Waals surface area (Å²) in [5, 5.41) is 4.82. The van der Waals surface area contributed by atoms with Crippen LogP contribution in [0.3, 0.4) is 0 Å². The zero-order valence-corrected chi connectivity index (χ0v) is 13.9. The maximum absolute atomic E-state index is 12.8. The van der Waals surface area contributed by atoms with E-state index in [1.165, 1.54) is 10.5 Å². The Hall–Kier alpha value is -1.44. The second kappa shape index (κ2) is 6.55. The van der Waals surface area contributed by atoms with Crippen LogP contribution in [0.5, 0.6) is 0 Å². The van der Waals surface area contributed by atoms with Crippen LogP contribution in [0.25, 0.3) is 0 Å². The number of sulfonamides is 1. The van der Waals surface area contributed by atoms with Crippen molar-refractivity contribution in [2.24, 2.45) is 0 Å². The molecule has 0 bridgehead atoms. The molecule has 0 unspecified atom stereocenters. The summed E-state index contributed by atoms with van der Waals surface area (Å²) in [6.45, 7) is 4.13. The fourth-order valence-electron chi connectivity index (χ4n) is 1.92. The predicted molar refractivity (Wildman–Crippen MR) is 86.0 cm³/mol. The summed E-state index contributed by atoms with van der Waals surface area (Å²) < 4.78 is 27.0. The van der Waals surface area contributed by atoms with Gasteiger partial charge in [-0.1, -0.05) is 6.07 Å². The number of rotatable bonds is 6. The third-order valence-electron chi connectivity index (χ3n) is 3.07. The molecule has 21 heavy (non-hydrogen) atoms. The van der Waals surface area contributed by atoms with Gasteiger partial charge in [0.2, 0.25) is 10.0 Å². The van der Waals surface area contributed by atoms with Crippen LogP contribution in [0.15, 0.2) is 40.7 Å². The third-order valence-corrected chi connectivity index (χ3v) is 5.93. The van der Waals surface area contributed by atoms with E-state index in [4.69, 9.17) is 0 Å². The van der Waals surface area contributed by atoms with Gasteiger partial charge in [-0.3, -0.25) is 0 Å². The fourth-order valence-corrected chi connectivity index (χ4v) is 4.26. The minimum atomic E-state index is -3.55. The summed E-state index contributed by atoms with van der Waals surface area (Å²) in [5.74, 6) is 0.642. The second-order valence-electron chi connectivity index (χ2n) is 4.85. The maximum Gasteiger partial charge on any atom is 0.245 e. The van der Waals surface area contributed by atoms with Gasteiger partial charge in [0.1, 0.15) is 10.7 Å². The second-order valence-corrected chi connectivity index (χ2v) is 7.78. The highest BCUT2D eigenvalue weighted by Gasteiger charge is 2.27. The molecule has 0 saturated heterocycles. The van der Waals surface area contributed by atoms with Gasteiger partial charge in [0.15, 0.2) is 0 Å². The number of thiophene rings is 1. The average molecular weight is 325 g/mol. The molecule has 1 N–H and O–H groups in total. The number of nitrogens with one attached hydrogen (secondary N) is 1. The van der Waals surface area contributed by atoms with Gasteiger partial charge < -0.3 is 5.32 Å². The number of hydrogen-bond donors (Lipinski definition) is 1. The van der Waals surface area contributed by atoms with Crippen molar-refractivity contribution in [2.45, 2.75) is 31.3 Å². The third kappa shape index (κ3) is 3.61. The van der Waals surface area contributed by atoms with E-state index in [0.717, 1.165) is 4.88 Å². The number of anilines is 1. The smallest absolute Gasteiger partial charge is 0.245 e. The summed E-state index contributed by atoms with van der Waals surface area (Å²) in [5.41, 5.74) is 0. The molecule has 7 heteroatoms. The van der Waals surface area contributed by atoms with Gasteiger partial charge in [0.05, 0.1) is 0 Å². The summed E-state index contributed by atoms with van der Waals surface area (Å²) in [6.07, 6.45) is 1.39. The van der Waals surface area contributed by atoms with Crippen LogP contribution >= 0.6 is 11.3 Å². The lowest BCUT2D eigenvalue weighted by atomic mass is 10.4.